The van der Waals surface area contributed by atoms with Crippen molar-refractivity contribution in [3.63, 3.8) is 0 Å². The molecule has 0 saturated carbocycles. The van der Waals surface area contributed by atoms with Crippen molar-refractivity contribution in [1.29, 1.82) is 0 Å². The van der Waals surface area contributed by atoms with Crippen molar-refractivity contribution >= 4 is 16.9 Å². The Kier molecular flexibility index (Phi) is 2.82. The van der Waals surface area contributed by atoms with Gasteiger partial charge in [0.1, 0.15) is 5.76 Å². The summed E-state index contributed by atoms with van der Waals surface area (Å²) < 4.78 is 7.41. The second-order valence-electron chi connectivity index (χ2n) is 4.74. The van der Waals surface area contributed by atoms with Gasteiger partial charge in [-0.25, -0.2) is 9.78 Å². The van der Waals surface area contributed by atoms with Crippen LogP contribution in [0.4, 0.5) is 0 Å². The highest BCUT2D eigenvalue weighted by Gasteiger charge is 2.15. The molecule has 0 aliphatic heterocycles. The van der Waals surface area contributed by atoms with Crippen LogP contribution >= 0.6 is 0 Å². The van der Waals surface area contributed by atoms with Crippen molar-refractivity contribution < 1.29 is 14.3 Å². The normalized spacial score (nSPS) is 11.1. The molecule has 5 heteroatoms. The summed E-state index contributed by atoms with van der Waals surface area (Å²) in [5.74, 6) is 0.437. The topological polar surface area (TPSA) is 68.3 Å². The van der Waals surface area contributed by atoms with Crippen molar-refractivity contribution in [3.8, 4) is 0 Å². The SMILES string of the molecule is Cc1nc(Cn2cc(C(=O)O)c3ccccc32)oc1C. The predicted molar refractivity (Wildman–Crippen MR) is 74.0 cm³/mol. The molecule has 0 amide bonds. The fraction of sp³-hybridized carbons (Fsp3) is 0.200. The van der Waals surface area contributed by atoms with Gasteiger partial charge in [-0.05, 0) is 19.9 Å². The van der Waals surface area contributed by atoms with E-state index in [1.54, 1.807) is 12.3 Å². The highest BCUT2D eigenvalue weighted by molar-refractivity contribution is 6.03. The molecule has 0 saturated heterocycles. The molecule has 0 aliphatic rings. The Morgan fingerprint density at radius 1 is 1.35 bits per heavy atom. The molecule has 3 rings (SSSR count). The lowest BCUT2D eigenvalue weighted by atomic mass is 10.2. The lowest BCUT2D eigenvalue weighted by Gasteiger charge is -2.01. The number of carboxylic acid groups (broad SMARTS) is 1. The molecule has 1 aromatic carbocycles. The summed E-state index contributed by atoms with van der Waals surface area (Å²) in [7, 11) is 0. The molecule has 102 valence electrons. The van der Waals surface area contributed by atoms with Gasteiger partial charge in [-0.3, -0.25) is 0 Å². The van der Waals surface area contributed by atoms with Crippen LogP contribution < -0.4 is 0 Å². The first kappa shape index (κ1) is 12.5. The Labute approximate surface area is 115 Å². The van der Waals surface area contributed by atoms with Crippen LogP contribution in [0.2, 0.25) is 0 Å². The van der Waals surface area contributed by atoms with Gasteiger partial charge >= 0.3 is 5.97 Å². The largest absolute Gasteiger partial charge is 0.478 e. The van der Waals surface area contributed by atoms with Gasteiger partial charge in [0.2, 0.25) is 5.89 Å². The maximum Gasteiger partial charge on any atom is 0.337 e. The van der Waals surface area contributed by atoms with Gasteiger partial charge in [0.05, 0.1) is 17.8 Å². The number of aryl methyl sites for hydroxylation is 2. The maximum atomic E-state index is 11.3. The van der Waals surface area contributed by atoms with Crippen LogP contribution in [0.1, 0.15) is 27.7 Å². The van der Waals surface area contributed by atoms with Crippen LogP contribution in [0.3, 0.4) is 0 Å². The number of fused-ring (bicyclic) bond motifs is 1. The number of nitrogens with zero attached hydrogens (tertiary/aromatic N) is 2. The molecular formula is C15H14N2O3. The molecular weight excluding hydrogens is 256 g/mol. The molecule has 1 N–H and O–H groups in total. The van der Waals surface area contributed by atoms with Crippen molar-refractivity contribution in [2.75, 3.05) is 0 Å². The van der Waals surface area contributed by atoms with Crippen LogP contribution in [0.25, 0.3) is 10.9 Å². The van der Waals surface area contributed by atoms with Crippen molar-refractivity contribution in [2.24, 2.45) is 0 Å². The van der Waals surface area contributed by atoms with Crippen LogP contribution in [0, 0.1) is 13.8 Å². The molecule has 0 spiro atoms. The average Bonchev–Trinajstić information content (AvgIpc) is 2.92. The molecule has 20 heavy (non-hydrogen) atoms. The minimum absolute atomic E-state index is 0.292. The van der Waals surface area contributed by atoms with Gasteiger partial charge in [-0.15, -0.1) is 0 Å². The molecule has 0 radical (unpaired) electrons. The predicted octanol–water partition coefficient (Wildman–Crippen LogP) is 2.99. The molecule has 0 aliphatic carbocycles. The maximum absolute atomic E-state index is 11.3. The summed E-state index contributed by atoms with van der Waals surface area (Å²) in [4.78, 5) is 15.6. The summed E-state index contributed by atoms with van der Waals surface area (Å²) in [6.45, 7) is 4.17. The Balaban J connectivity index is 2.09. The monoisotopic (exact) mass is 270 g/mol. The standard InChI is InChI=1S/C15H14N2O3/c1-9-10(2)20-14(16-9)8-17-7-12(15(18)19)11-5-3-4-6-13(11)17/h3-7H,8H2,1-2H3,(H,18,19). The summed E-state index contributed by atoms with van der Waals surface area (Å²) in [5.41, 5.74) is 2.01. The average molecular weight is 270 g/mol. The number of carbonyl (C=O) groups is 1. The highest BCUT2D eigenvalue weighted by Crippen LogP contribution is 2.22. The number of hydrogen-bond donors (Lipinski definition) is 1. The molecule has 0 fully saturated rings. The Morgan fingerprint density at radius 3 is 2.75 bits per heavy atom. The fourth-order valence-corrected chi connectivity index (χ4v) is 2.30. The minimum Gasteiger partial charge on any atom is -0.478 e. The minimum atomic E-state index is -0.931. The van der Waals surface area contributed by atoms with E-state index in [2.05, 4.69) is 4.98 Å². The van der Waals surface area contributed by atoms with E-state index in [4.69, 9.17) is 4.42 Å². The first-order chi connectivity index (χ1) is 9.56. The number of para-hydroxylation sites is 1. The number of aromatic nitrogens is 2. The third kappa shape index (κ3) is 1.97. The number of hydrogen-bond acceptors (Lipinski definition) is 3. The number of oxazole rings is 1. The molecule has 3 aromatic rings. The Hall–Kier alpha value is -2.56. The lowest BCUT2D eigenvalue weighted by Crippen LogP contribution is -1.99. The van der Waals surface area contributed by atoms with Crippen LogP contribution in [0.5, 0.6) is 0 Å². The van der Waals surface area contributed by atoms with Gasteiger partial charge < -0.3 is 14.1 Å². The molecule has 0 unspecified atom stereocenters. The van der Waals surface area contributed by atoms with Crippen LogP contribution in [-0.4, -0.2) is 20.6 Å². The first-order valence-corrected chi connectivity index (χ1v) is 6.30. The summed E-state index contributed by atoms with van der Waals surface area (Å²) in [6.07, 6.45) is 1.63. The zero-order valence-electron chi connectivity index (χ0n) is 11.3. The van der Waals surface area contributed by atoms with Gasteiger partial charge in [0, 0.05) is 17.1 Å². The molecule has 5 nitrogen and oxygen atoms in total. The number of carboxylic acids is 1. The van der Waals surface area contributed by atoms with E-state index in [1.807, 2.05) is 36.6 Å². The first-order valence-electron chi connectivity index (χ1n) is 6.30. The van der Waals surface area contributed by atoms with Gasteiger partial charge in [-0.1, -0.05) is 18.2 Å². The third-order valence-corrected chi connectivity index (χ3v) is 3.40. The lowest BCUT2D eigenvalue weighted by molar-refractivity contribution is 0.0698. The van der Waals surface area contributed by atoms with Crippen molar-refractivity contribution in [2.45, 2.75) is 20.4 Å². The summed E-state index contributed by atoms with van der Waals surface area (Å²) in [6, 6.07) is 7.42. The van der Waals surface area contributed by atoms with E-state index in [-0.39, 0.29) is 0 Å². The van der Waals surface area contributed by atoms with E-state index in [0.717, 1.165) is 22.4 Å². The number of rotatable bonds is 3. The van der Waals surface area contributed by atoms with E-state index in [1.165, 1.54) is 0 Å². The van der Waals surface area contributed by atoms with E-state index in [0.29, 0.717) is 18.0 Å². The Bertz CT molecular complexity index is 779. The molecule has 2 heterocycles. The van der Waals surface area contributed by atoms with Gasteiger partial charge in [0.15, 0.2) is 0 Å². The third-order valence-electron chi connectivity index (χ3n) is 3.40. The van der Waals surface area contributed by atoms with Crippen LogP contribution in [-0.2, 0) is 6.54 Å². The Morgan fingerprint density at radius 2 is 2.10 bits per heavy atom. The van der Waals surface area contributed by atoms with Crippen molar-refractivity contribution in [3.05, 3.63) is 53.4 Å². The zero-order valence-corrected chi connectivity index (χ0v) is 11.3. The smallest absolute Gasteiger partial charge is 0.337 e. The number of benzene rings is 1. The van der Waals surface area contributed by atoms with Crippen LogP contribution in [0.15, 0.2) is 34.9 Å². The van der Waals surface area contributed by atoms with E-state index < -0.39 is 5.97 Å². The van der Waals surface area contributed by atoms with Crippen molar-refractivity contribution in [1.82, 2.24) is 9.55 Å². The van der Waals surface area contributed by atoms with E-state index in [9.17, 15) is 9.90 Å². The summed E-state index contributed by atoms with van der Waals surface area (Å²) in [5, 5.41) is 9.98. The fourth-order valence-electron chi connectivity index (χ4n) is 2.30. The quantitative estimate of drug-likeness (QED) is 0.794. The van der Waals surface area contributed by atoms with E-state index >= 15 is 0 Å². The van der Waals surface area contributed by atoms with Gasteiger partial charge in [-0.2, -0.15) is 0 Å². The molecule has 2 aromatic heterocycles. The highest BCUT2D eigenvalue weighted by atomic mass is 16.4. The molecule has 0 bridgehead atoms. The summed E-state index contributed by atoms with van der Waals surface area (Å²) >= 11 is 0. The second-order valence-corrected chi connectivity index (χ2v) is 4.74. The van der Waals surface area contributed by atoms with Gasteiger partial charge in [0.25, 0.3) is 0 Å². The zero-order chi connectivity index (χ0) is 14.3. The second kappa shape index (κ2) is 4.52. The molecule has 0 atom stereocenters. The number of aromatic carboxylic acids is 1.